The zero-order valence-corrected chi connectivity index (χ0v) is 11.1. The largest absolute Gasteiger partial charge is 0.400 e. The van der Waals surface area contributed by atoms with Crippen LogP contribution in [0.25, 0.3) is 0 Å². The zero-order chi connectivity index (χ0) is 10.6. The fraction of sp³-hybridized carbons (Fsp3) is 1.00. The van der Waals surface area contributed by atoms with Gasteiger partial charge in [-0.2, -0.15) is 0 Å². The van der Waals surface area contributed by atoms with Crippen LogP contribution >= 0.6 is 0 Å². The Morgan fingerprint density at radius 1 is 1.29 bits per heavy atom. The van der Waals surface area contributed by atoms with Crippen molar-refractivity contribution in [3.05, 3.63) is 0 Å². The SMILES string of the molecule is CCC(C)C(C1CCC1)[SiH](OC)OC. The van der Waals surface area contributed by atoms with Gasteiger partial charge in [0.1, 0.15) is 0 Å². The second kappa shape index (κ2) is 5.88. The minimum atomic E-state index is -1.41. The fourth-order valence-corrected chi connectivity index (χ4v) is 4.92. The first-order valence-electron chi connectivity index (χ1n) is 5.80. The summed E-state index contributed by atoms with van der Waals surface area (Å²) in [5, 5.41) is 0. The Labute approximate surface area is 89.8 Å². The van der Waals surface area contributed by atoms with Crippen LogP contribution in [0.15, 0.2) is 0 Å². The average molecular weight is 216 g/mol. The average Bonchev–Trinajstić information content (AvgIpc) is 2.14. The lowest BCUT2D eigenvalue weighted by Crippen LogP contribution is -2.37. The van der Waals surface area contributed by atoms with E-state index in [0.29, 0.717) is 0 Å². The van der Waals surface area contributed by atoms with Gasteiger partial charge in [-0.1, -0.05) is 39.5 Å². The molecular formula is C11H24O2Si. The normalized spacial score (nSPS) is 22.1. The van der Waals surface area contributed by atoms with Gasteiger partial charge in [0.2, 0.25) is 0 Å². The lowest BCUT2D eigenvalue weighted by atomic mass is 9.78. The highest BCUT2D eigenvalue weighted by Gasteiger charge is 2.38. The molecule has 0 aromatic carbocycles. The molecule has 0 aromatic heterocycles. The smallest absolute Gasteiger partial charge is 0.324 e. The summed E-state index contributed by atoms with van der Waals surface area (Å²) in [6.07, 6.45) is 5.44. The molecule has 0 aromatic rings. The highest BCUT2D eigenvalue weighted by atomic mass is 28.3. The molecule has 0 saturated heterocycles. The maximum atomic E-state index is 5.56. The Morgan fingerprint density at radius 2 is 1.86 bits per heavy atom. The molecule has 2 unspecified atom stereocenters. The Kier molecular flexibility index (Phi) is 5.13. The summed E-state index contributed by atoms with van der Waals surface area (Å²) in [6, 6.07) is 0. The van der Waals surface area contributed by atoms with E-state index in [1.165, 1.54) is 25.7 Å². The lowest BCUT2D eigenvalue weighted by Gasteiger charge is -2.39. The van der Waals surface area contributed by atoms with E-state index in [9.17, 15) is 0 Å². The maximum Gasteiger partial charge on any atom is 0.324 e. The molecule has 0 radical (unpaired) electrons. The minimum Gasteiger partial charge on any atom is -0.400 e. The Hall–Kier alpha value is 0.137. The van der Waals surface area contributed by atoms with Gasteiger partial charge in [0, 0.05) is 19.8 Å². The van der Waals surface area contributed by atoms with Crippen LogP contribution in [0.4, 0.5) is 0 Å². The molecule has 0 amide bonds. The molecule has 2 nitrogen and oxygen atoms in total. The fourth-order valence-electron chi connectivity index (χ4n) is 2.46. The molecule has 1 rings (SSSR count). The summed E-state index contributed by atoms with van der Waals surface area (Å²) in [6.45, 7) is 4.62. The van der Waals surface area contributed by atoms with E-state index in [1.54, 1.807) is 0 Å². The van der Waals surface area contributed by atoms with Crippen molar-refractivity contribution in [1.29, 1.82) is 0 Å². The molecule has 0 heterocycles. The van der Waals surface area contributed by atoms with Crippen molar-refractivity contribution in [3.8, 4) is 0 Å². The van der Waals surface area contributed by atoms with Crippen LogP contribution in [0, 0.1) is 11.8 Å². The zero-order valence-electron chi connectivity index (χ0n) is 9.95. The summed E-state index contributed by atoms with van der Waals surface area (Å²) in [5.74, 6) is 1.65. The topological polar surface area (TPSA) is 18.5 Å². The van der Waals surface area contributed by atoms with E-state index < -0.39 is 9.28 Å². The highest BCUT2D eigenvalue weighted by molar-refractivity contribution is 6.46. The molecule has 0 N–H and O–H groups in total. The molecule has 0 bridgehead atoms. The van der Waals surface area contributed by atoms with E-state index in [0.717, 1.165) is 17.4 Å². The quantitative estimate of drug-likeness (QED) is 0.636. The Bertz CT molecular complexity index is 151. The summed E-state index contributed by atoms with van der Waals surface area (Å²) in [7, 11) is 2.22. The Morgan fingerprint density at radius 3 is 2.14 bits per heavy atom. The molecule has 1 fully saturated rings. The van der Waals surface area contributed by atoms with Gasteiger partial charge in [-0.05, 0) is 11.8 Å². The Balaban J connectivity index is 2.58. The second-order valence-corrected chi connectivity index (χ2v) is 6.94. The predicted molar refractivity (Wildman–Crippen MR) is 61.7 cm³/mol. The van der Waals surface area contributed by atoms with Crippen molar-refractivity contribution < 1.29 is 8.85 Å². The van der Waals surface area contributed by atoms with Gasteiger partial charge in [-0.3, -0.25) is 0 Å². The van der Waals surface area contributed by atoms with Crippen LogP contribution in [0.5, 0.6) is 0 Å². The highest BCUT2D eigenvalue weighted by Crippen LogP contribution is 2.44. The van der Waals surface area contributed by atoms with Crippen molar-refractivity contribution in [3.63, 3.8) is 0 Å². The predicted octanol–water partition coefficient (Wildman–Crippen LogP) is 2.72. The first-order chi connectivity index (χ1) is 6.74. The molecule has 14 heavy (non-hydrogen) atoms. The first-order valence-corrected chi connectivity index (χ1v) is 7.41. The lowest BCUT2D eigenvalue weighted by molar-refractivity contribution is 0.184. The molecule has 0 spiro atoms. The van der Waals surface area contributed by atoms with Crippen molar-refractivity contribution in [2.75, 3.05) is 14.2 Å². The molecule has 1 aliphatic rings. The van der Waals surface area contributed by atoms with E-state index >= 15 is 0 Å². The van der Waals surface area contributed by atoms with Crippen LogP contribution < -0.4 is 0 Å². The molecule has 1 saturated carbocycles. The van der Waals surface area contributed by atoms with E-state index in [4.69, 9.17) is 8.85 Å². The van der Waals surface area contributed by atoms with Gasteiger partial charge in [-0.15, -0.1) is 0 Å². The number of hydrogen-bond donors (Lipinski definition) is 0. The molecule has 84 valence electrons. The second-order valence-electron chi connectivity index (χ2n) is 4.49. The third-order valence-corrected chi connectivity index (χ3v) is 6.53. The summed E-state index contributed by atoms with van der Waals surface area (Å²) in [5.41, 5.74) is 0.726. The van der Waals surface area contributed by atoms with Crippen LogP contribution in [-0.2, 0) is 8.85 Å². The van der Waals surface area contributed by atoms with Crippen molar-refractivity contribution in [2.24, 2.45) is 11.8 Å². The van der Waals surface area contributed by atoms with Gasteiger partial charge in [0.15, 0.2) is 0 Å². The third-order valence-electron chi connectivity index (χ3n) is 3.77. The van der Waals surface area contributed by atoms with E-state index in [-0.39, 0.29) is 0 Å². The van der Waals surface area contributed by atoms with Gasteiger partial charge < -0.3 is 8.85 Å². The summed E-state index contributed by atoms with van der Waals surface area (Å²) < 4.78 is 11.1. The molecule has 0 aliphatic heterocycles. The number of hydrogen-bond acceptors (Lipinski definition) is 2. The molecule has 1 aliphatic carbocycles. The first kappa shape index (κ1) is 12.2. The van der Waals surface area contributed by atoms with Gasteiger partial charge in [-0.25, -0.2) is 0 Å². The minimum absolute atomic E-state index is 0.726. The third kappa shape index (κ3) is 2.58. The van der Waals surface area contributed by atoms with Crippen molar-refractivity contribution in [2.45, 2.75) is 45.1 Å². The molecule has 3 heteroatoms. The standard InChI is InChI=1S/C11H24O2Si/c1-5-9(2)11(10-7-6-8-10)14(12-3)13-4/h9-11,14H,5-8H2,1-4H3. The van der Waals surface area contributed by atoms with Crippen LogP contribution in [0.3, 0.4) is 0 Å². The summed E-state index contributed by atoms with van der Waals surface area (Å²) >= 11 is 0. The van der Waals surface area contributed by atoms with Crippen molar-refractivity contribution >= 4 is 9.28 Å². The molecule has 2 atom stereocenters. The van der Waals surface area contributed by atoms with E-state index in [2.05, 4.69) is 13.8 Å². The van der Waals surface area contributed by atoms with Gasteiger partial charge >= 0.3 is 9.28 Å². The van der Waals surface area contributed by atoms with Crippen molar-refractivity contribution in [1.82, 2.24) is 0 Å². The summed E-state index contributed by atoms with van der Waals surface area (Å²) in [4.78, 5) is 0. The molecular weight excluding hydrogens is 192 g/mol. The monoisotopic (exact) mass is 216 g/mol. The maximum absolute atomic E-state index is 5.56. The van der Waals surface area contributed by atoms with E-state index in [1.807, 2.05) is 14.2 Å². The van der Waals surface area contributed by atoms with Crippen LogP contribution in [0.2, 0.25) is 5.54 Å². The van der Waals surface area contributed by atoms with Crippen LogP contribution in [-0.4, -0.2) is 23.5 Å². The number of rotatable bonds is 6. The van der Waals surface area contributed by atoms with Gasteiger partial charge in [0.05, 0.1) is 0 Å². The van der Waals surface area contributed by atoms with Crippen LogP contribution in [0.1, 0.15) is 39.5 Å². The van der Waals surface area contributed by atoms with Gasteiger partial charge in [0.25, 0.3) is 0 Å².